The number of carboxylic acid groups (broad SMARTS) is 1. The molecule has 3 heteroatoms. The molecule has 198 valence electrons. The summed E-state index contributed by atoms with van der Waals surface area (Å²) in [5, 5.41) is 17.4. The summed E-state index contributed by atoms with van der Waals surface area (Å²) in [4.78, 5) is 10.4. The average Bonchev–Trinajstić information content (AvgIpc) is 2.80. The van der Waals surface area contributed by atoms with Gasteiger partial charge in [-0.3, -0.25) is 4.79 Å². The van der Waals surface area contributed by atoms with Gasteiger partial charge in [0.15, 0.2) is 0 Å². The zero-order chi connectivity index (χ0) is 24.1. The summed E-state index contributed by atoms with van der Waals surface area (Å²) in [5.74, 6) is -0.652. The van der Waals surface area contributed by atoms with E-state index in [0.29, 0.717) is 13.0 Å². The first-order valence-corrected chi connectivity index (χ1v) is 15.1. The Morgan fingerprint density at radius 2 is 0.515 bits per heavy atom. The van der Waals surface area contributed by atoms with Gasteiger partial charge in [-0.15, -0.1) is 0 Å². The molecule has 0 aliphatic rings. The summed E-state index contributed by atoms with van der Waals surface area (Å²) >= 11 is 0. The van der Waals surface area contributed by atoms with Crippen LogP contribution in [0.25, 0.3) is 0 Å². The smallest absolute Gasteiger partial charge is 0.303 e. The van der Waals surface area contributed by atoms with E-state index in [1.165, 1.54) is 154 Å². The van der Waals surface area contributed by atoms with Crippen LogP contribution in [0.3, 0.4) is 0 Å². The minimum absolute atomic E-state index is 0.342. The predicted octanol–water partition coefficient (Wildman–Crippen LogP) is 9.99. The number of aliphatic hydroxyl groups is 1. The van der Waals surface area contributed by atoms with Crippen molar-refractivity contribution < 1.29 is 15.0 Å². The van der Waals surface area contributed by atoms with Crippen molar-refractivity contribution in [1.29, 1.82) is 0 Å². The molecule has 3 nitrogen and oxygen atoms in total. The van der Waals surface area contributed by atoms with Crippen molar-refractivity contribution in [2.45, 2.75) is 180 Å². The maximum absolute atomic E-state index is 10.4. The second-order valence-electron chi connectivity index (χ2n) is 10.4. The lowest BCUT2D eigenvalue weighted by atomic mass is 10.0. The monoisotopic (exact) mass is 468 g/mol. The van der Waals surface area contributed by atoms with E-state index in [1.807, 2.05) is 0 Å². The largest absolute Gasteiger partial charge is 0.481 e. The van der Waals surface area contributed by atoms with Crippen molar-refractivity contribution in [3.63, 3.8) is 0 Å². The summed E-state index contributed by atoms with van der Waals surface area (Å²) in [5.41, 5.74) is 0. The molecule has 0 heterocycles. The zero-order valence-corrected chi connectivity index (χ0v) is 22.3. The van der Waals surface area contributed by atoms with Crippen molar-refractivity contribution in [2.75, 3.05) is 6.61 Å². The molecule has 33 heavy (non-hydrogen) atoms. The second-order valence-corrected chi connectivity index (χ2v) is 10.4. The molecule has 0 bridgehead atoms. The van der Waals surface area contributed by atoms with Gasteiger partial charge in [-0.1, -0.05) is 161 Å². The van der Waals surface area contributed by atoms with E-state index in [0.717, 1.165) is 19.3 Å². The molecule has 0 fully saturated rings. The second kappa shape index (κ2) is 29.5. The van der Waals surface area contributed by atoms with Gasteiger partial charge in [0.25, 0.3) is 0 Å². The van der Waals surface area contributed by atoms with Gasteiger partial charge in [0.05, 0.1) is 0 Å². The van der Waals surface area contributed by atoms with E-state index in [-0.39, 0.29) is 0 Å². The first-order chi connectivity index (χ1) is 16.3. The number of carboxylic acids is 1. The van der Waals surface area contributed by atoms with Crippen LogP contribution >= 0.6 is 0 Å². The van der Waals surface area contributed by atoms with E-state index in [2.05, 4.69) is 0 Å². The first kappa shape index (κ1) is 32.4. The number of hydrogen-bond acceptors (Lipinski definition) is 2. The fourth-order valence-electron chi connectivity index (χ4n) is 4.81. The Bertz CT molecular complexity index is 370. The standard InChI is InChI=1S/C30H60O3/c31-29-27-25-23-21-19-17-15-13-11-9-7-5-3-1-2-4-6-8-10-12-14-16-18-20-22-24-26-28-30(32)33/h31H,1-29H2,(H,32,33). The topological polar surface area (TPSA) is 57.5 Å². The van der Waals surface area contributed by atoms with Crippen LogP contribution < -0.4 is 0 Å². The molecule has 2 N–H and O–H groups in total. The van der Waals surface area contributed by atoms with Crippen molar-refractivity contribution in [3.8, 4) is 0 Å². The maximum atomic E-state index is 10.4. The van der Waals surface area contributed by atoms with Crippen LogP contribution in [0.2, 0.25) is 0 Å². The molecule has 0 saturated carbocycles. The summed E-state index contributed by atoms with van der Waals surface area (Å²) in [6, 6.07) is 0. The fourth-order valence-corrected chi connectivity index (χ4v) is 4.81. The van der Waals surface area contributed by atoms with E-state index in [4.69, 9.17) is 10.2 Å². The molecule has 0 aliphatic heterocycles. The van der Waals surface area contributed by atoms with Crippen molar-refractivity contribution >= 4 is 5.97 Å². The average molecular weight is 469 g/mol. The van der Waals surface area contributed by atoms with Crippen LogP contribution in [0.1, 0.15) is 180 Å². The van der Waals surface area contributed by atoms with Gasteiger partial charge in [0.2, 0.25) is 0 Å². The van der Waals surface area contributed by atoms with Gasteiger partial charge >= 0.3 is 5.97 Å². The van der Waals surface area contributed by atoms with Gasteiger partial charge in [-0.2, -0.15) is 0 Å². The van der Waals surface area contributed by atoms with Crippen LogP contribution in [0.5, 0.6) is 0 Å². The van der Waals surface area contributed by atoms with Crippen LogP contribution in [-0.2, 0) is 4.79 Å². The van der Waals surface area contributed by atoms with Crippen LogP contribution in [0.4, 0.5) is 0 Å². The summed E-state index contributed by atoms with van der Waals surface area (Å²) in [6.45, 7) is 0.364. The third kappa shape index (κ3) is 31.4. The van der Waals surface area contributed by atoms with Gasteiger partial charge < -0.3 is 10.2 Å². The number of aliphatic hydroxyl groups excluding tert-OH is 1. The minimum Gasteiger partial charge on any atom is -0.481 e. The highest BCUT2D eigenvalue weighted by Crippen LogP contribution is 2.16. The molecule has 0 aromatic carbocycles. The van der Waals surface area contributed by atoms with Gasteiger partial charge in [-0.05, 0) is 12.8 Å². The Kier molecular flexibility index (Phi) is 29.0. The molecule has 0 aromatic heterocycles. The lowest BCUT2D eigenvalue weighted by Gasteiger charge is -2.04. The van der Waals surface area contributed by atoms with Gasteiger partial charge in [-0.25, -0.2) is 0 Å². The molecule has 0 radical (unpaired) electrons. The Morgan fingerprint density at radius 3 is 0.697 bits per heavy atom. The first-order valence-electron chi connectivity index (χ1n) is 15.1. The van der Waals surface area contributed by atoms with E-state index in [9.17, 15) is 4.79 Å². The Hall–Kier alpha value is -0.570. The summed E-state index contributed by atoms with van der Waals surface area (Å²) < 4.78 is 0. The maximum Gasteiger partial charge on any atom is 0.303 e. The van der Waals surface area contributed by atoms with Gasteiger partial charge in [0, 0.05) is 13.0 Å². The number of aliphatic carboxylic acids is 1. The van der Waals surface area contributed by atoms with E-state index < -0.39 is 5.97 Å². The molecule has 0 spiro atoms. The number of carbonyl (C=O) groups is 1. The van der Waals surface area contributed by atoms with Gasteiger partial charge in [0.1, 0.15) is 0 Å². The van der Waals surface area contributed by atoms with Crippen molar-refractivity contribution in [1.82, 2.24) is 0 Å². The normalized spacial score (nSPS) is 11.3. The highest BCUT2D eigenvalue weighted by atomic mass is 16.4. The van der Waals surface area contributed by atoms with Crippen LogP contribution in [0.15, 0.2) is 0 Å². The zero-order valence-electron chi connectivity index (χ0n) is 22.3. The predicted molar refractivity (Wildman–Crippen MR) is 144 cm³/mol. The molecule has 0 rings (SSSR count). The molecule has 0 amide bonds. The number of unbranched alkanes of at least 4 members (excludes halogenated alkanes) is 26. The summed E-state index contributed by atoms with van der Waals surface area (Å²) in [6.07, 6.45) is 36.6. The molecule has 0 atom stereocenters. The molecule has 0 saturated heterocycles. The lowest BCUT2D eigenvalue weighted by Crippen LogP contribution is -1.93. The molecular weight excluding hydrogens is 408 g/mol. The fraction of sp³-hybridized carbons (Fsp3) is 0.967. The highest BCUT2D eigenvalue weighted by molar-refractivity contribution is 5.66. The Balaban J connectivity index is 3.01. The lowest BCUT2D eigenvalue weighted by molar-refractivity contribution is -0.137. The third-order valence-corrected chi connectivity index (χ3v) is 7.05. The van der Waals surface area contributed by atoms with Crippen LogP contribution in [0, 0.1) is 0 Å². The molecule has 0 aromatic rings. The highest BCUT2D eigenvalue weighted by Gasteiger charge is 1.98. The van der Waals surface area contributed by atoms with Crippen molar-refractivity contribution in [2.24, 2.45) is 0 Å². The van der Waals surface area contributed by atoms with Crippen molar-refractivity contribution in [3.05, 3.63) is 0 Å². The summed E-state index contributed by atoms with van der Waals surface area (Å²) in [7, 11) is 0. The molecular formula is C30H60O3. The third-order valence-electron chi connectivity index (χ3n) is 7.05. The van der Waals surface area contributed by atoms with Crippen LogP contribution in [-0.4, -0.2) is 22.8 Å². The molecule has 0 unspecified atom stereocenters. The van der Waals surface area contributed by atoms with E-state index >= 15 is 0 Å². The van der Waals surface area contributed by atoms with E-state index in [1.54, 1.807) is 0 Å². The SMILES string of the molecule is O=C(O)CCCCCCCCCCCCCCCCCCCCCCCCCCCCCO. The number of rotatable bonds is 29. The minimum atomic E-state index is -0.652. The Labute approximate surface area is 207 Å². The Morgan fingerprint density at radius 1 is 0.333 bits per heavy atom. The number of hydrogen-bond donors (Lipinski definition) is 2. The molecule has 0 aliphatic carbocycles. The quantitative estimate of drug-likeness (QED) is 0.107.